The van der Waals surface area contributed by atoms with Crippen LogP contribution < -0.4 is 10.6 Å². The minimum Gasteiger partial charge on any atom is -0.360 e. The fraction of sp³-hybridized carbons (Fsp3) is 0.524. The molecule has 7 nitrogen and oxygen atoms in total. The molecule has 4 aliphatic carbocycles. The predicted octanol–water partition coefficient (Wildman–Crippen LogP) is 5.03. The molecule has 1 aromatic carbocycles. The van der Waals surface area contributed by atoms with Gasteiger partial charge in [-0.1, -0.05) is 23.7 Å². The number of benzene rings is 1. The average molecular weight is 414 g/mol. The molecule has 4 fully saturated rings. The van der Waals surface area contributed by atoms with Crippen LogP contribution in [0.5, 0.6) is 0 Å². The molecule has 0 radical (unpaired) electrons. The van der Waals surface area contributed by atoms with Crippen LogP contribution in [0.3, 0.4) is 0 Å². The van der Waals surface area contributed by atoms with Crippen LogP contribution in [-0.2, 0) is 6.54 Å². The maximum Gasteiger partial charge on any atom is 0.353 e. The van der Waals surface area contributed by atoms with Crippen LogP contribution >= 0.6 is 11.6 Å². The highest BCUT2D eigenvalue weighted by atomic mass is 35.5. The van der Waals surface area contributed by atoms with Gasteiger partial charge in [0.25, 0.3) is 0 Å². The van der Waals surface area contributed by atoms with Gasteiger partial charge in [-0.05, 0) is 74.0 Å². The Bertz CT molecular complexity index is 898. The van der Waals surface area contributed by atoms with Crippen molar-refractivity contribution in [3.63, 3.8) is 0 Å². The van der Waals surface area contributed by atoms with Crippen molar-refractivity contribution >= 4 is 28.9 Å². The lowest BCUT2D eigenvalue weighted by molar-refractivity contribution is -0.383. The highest BCUT2D eigenvalue weighted by molar-refractivity contribution is 6.30. The molecule has 0 unspecified atom stereocenters. The van der Waals surface area contributed by atoms with Crippen LogP contribution in [0.4, 0.5) is 17.3 Å². The quantitative estimate of drug-likeness (QED) is 0.509. The van der Waals surface area contributed by atoms with E-state index in [9.17, 15) is 10.1 Å². The van der Waals surface area contributed by atoms with Crippen molar-refractivity contribution in [2.24, 2.45) is 17.8 Å². The van der Waals surface area contributed by atoms with Crippen molar-refractivity contribution in [2.45, 2.75) is 50.6 Å². The second-order valence-electron chi connectivity index (χ2n) is 8.98. The molecule has 2 N–H and O–H groups in total. The van der Waals surface area contributed by atoms with E-state index in [1.165, 1.54) is 25.6 Å². The Morgan fingerprint density at radius 3 is 2.21 bits per heavy atom. The lowest BCUT2D eigenvalue weighted by atomic mass is 9.53. The third kappa shape index (κ3) is 3.64. The first-order valence-electron chi connectivity index (χ1n) is 10.3. The van der Waals surface area contributed by atoms with Crippen LogP contribution in [0, 0.1) is 27.9 Å². The molecule has 8 heteroatoms. The number of nitro groups is 1. The summed E-state index contributed by atoms with van der Waals surface area (Å²) in [6, 6.07) is 7.37. The van der Waals surface area contributed by atoms with E-state index in [4.69, 9.17) is 11.6 Å². The third-order valence-electron chi connectivity index (χ3n) is 6.80. The fourth-order valence-corrected chi connectivity index (χ4v) is 6.20. The van der Waals surface area contributed by atoms with Gasteiger partial charge in [-0.3, -0.25) is 10.1 Å². The Hall–Kier alpha value is -2.41. The number of rotatable bonds is 6. The summed E-state index contributed by atoms with van der Waals surface area (Å²) in [5.41, 5.74) is 0.844. The molecule has 4 aliphatic rings. The molecule has 1 heterocycles. The van der Waals surface area contributed by atoms with E-state index < -0.39 is 0 Å². The second kappa shape index (κ2) is 7.13. The summed E-state index contributed by atoms with van der Waals surface area (Å²) in [4.78, 5) is 20.0. The molecule has 1 aromatic heterocycles. The highest BCUT2D eigenvalue weighted by Crippen LogP contribution is 2.57. The van der Waals surface area contributed by atoms with Crippen molar-refractivity contribution in [2.75, 3.05) is 10.6 Å². The molecule has 4 bridgehead atoms. The summed E-state index contributed by atoms with van der Waals surface area (Å²) in [6.45, 7) is 0.422. The molecule has 0 atom stereocenters. The largest absolute Gasteiger partial charge is 0.360 e. The van der Waals surface area contributed by atoms with E-state index in [1.807, 2.05) is 12.1 Å². The Morgan fingerprint density at radius 1 is 1.03 bits per heavy atom. The van der Waals surface area contributed by atoms with Crippen molar-refractivity contribution in [3.05, 3.63) is 51.3 Å². The van der Waals surface area contributed by atoms with E-state index in [0.29, 0.717) is 17.4 Å². The van der Waals surface area contributed by atoms with E-state index >= 15 is 0 Å². The van der Waals surface area contributed by atoms with Crippen molar-refractivity contribution in [1.82, 2.24) is 9.97 Å². The number of anilines is 2. The number of nitrogens with one attached hydrogen (secondary N) is 2. The first-order valence-corrected chi connectivity index (χ1v) is 10.6. The molecule has 6 rings (SSSR count). The zero-order valence-electron chi connectivity index (χ0n) is 16.1. The maximum atomic E-state index is 11.9. The number of halogens is 1. The minimum absolute atomic E-state index is 0.0543. The van der Waals surface area contributed by atoms with Gasteiger partial charge in [0, 0.05) is 17.1 Å². The summed E-state index contributed by atoms with van der Waals surface area (Å²) in [6.07, 6.45) is 8.64. The van der Waals surface area contributed by atoms with Crippen molar-refractivity contribution in [3.8, 4) is 0 Å². The molecule has 152 valence electrons. The van der Waals surface area contributed by atoms with Crippen LogP contribution in [0.1, 0.15) is 44.1 Å². The topological polar surface area (TPSA) is 93.0 Å². The molecule has 0 saturated heterocycles. The Kier molecular flexibility index (Phi) is 4.57. The average Bonchev–Trinajstić information content (AvgIpc) is 2.66. The molecule has 0 spiro atoms. The van der Waals surface area contributed by atoms with Crippen molar-refractivity contribution < 1.29 is 4.92 Å². The zero-order valence-corrected chi connectivity index (χ0v) is 16.9. The van der Waals surface area contributed by atoms with Gasteiger partial charge in [-0.2, -0.15) is 0 Å². The third-order valence-corrected chi connectivity index (χ3v) is 7.05. The SMILES string of the molecule is O=[N+]([O-])c1c(NCc2ccc(Cl)cc2)ncnc1NC12CC3CC(CC(C3)C1)C2. The van der Waals surface area contributed by atoms with Crippen LogP contribution in [0.25, 0.3) is 0 Å². The van der Waals surface area contributed by atoms with Gasteiger partial charge in [0.1, 0.15) is 6.33 Å². The number of hydrogen-bond acceptors (Lipinski definition) is 6. The van der Waals surface area contributed by atoms with Gasteiger partial charge in [0.15, 0.2) is 0 Å². The summed E-state index contributed by atoms with van der Waals surface area (Å²) in [7, 11) is 0. The molecule has 29 heavy (non-hydrogen) atoms. The van der Waals surface area contributed by atoms with E-state index in [-0.39, 0.29) is 22.0 Å². The monoisotopic (exact) mass is 413 g/mol. The predicted molar refractivity (Wildman–Crippen MR) is 112 cm³/mol. The van der Waals surface area contributed by atoms with Crippen molar-refractivity contribution in [1.29, 1.82) is 0 Å². The smallest absolute Gasteiger partial charge is 0.353 e. The van der Waals surface area contributed by atoms with E-state index in [1.54, 1.807) is 12.1 Å². The van der Waals surface area contributed by atoms with Crippen LogP contribution in [-0.4, -0.2) is 20.4 Å². The van der Waals surface area contributed by atoms with Gasteiger partial charge in [0.05, 0.1) is 4.92 Å². The number of hydrogen-bond donors (Lipinski definition) is 2. The lowest BCUT2D eigenvalue weighted by Crippen LogP contribution is -2.55. The molecule has 4 saturated carbocycles. The Morgan fingerprint density at radius 2 is 1.62 bits per heavy atom. The molecule has 2 aromatic rings. The molecule has 0 aliphatic heterocycles. The number of nitrogens with zero attached hydrogens (tertiary/aromatic N) is 3. The standard InChI is InChI=1S/C21H24ClN5O2/c22-17-3-1-13(2-4-17)11-23-19-18(27(28)29)20(25-12-24-19)26-21-8-14-5-15(9-21)7-16(6-14)10-21/h1-4,12,14-16H,5-11H2,(H2,23,24,25,26). The normalized spacial score (nSPS) is 29.6. The summed E-state index contributed by atoms with van der Waals surface area (Å²) in [5, 5.41) is 19.2. The second-order valence-corrected chi connectivity index (χ2v) is 9.42. The maximum absolute atomic E-state index is 11.9. The lowest BCUT2D eigenvalue weighted by Gasteiger charge is -2.57. The number of aromatic nitrogens is 2. The summed E-state index contributed by atoms with van der Waals surface area (Å²) < 4.78 is 0. The van der Waals surface area contributed by atoms with E-state index in [0.717, 1.165) is 42.6 Å². The molecule has 0 amide bonds. The first-order chi connectivity index (χ1) is 14.0. The Balaban J connectivity index is 1.39. The summed E-state index contributed by atoms with van der Waals surface area (Å²) in [5.74, 6) is 2.82. The fourth-order valence-electron chi connectivity index (χ4n) is 6.08. The van der Waals surface area contributed by atoms with Gasteiger partial charge in [0.2, 0.25) is 11.6 Å². The first kappa shape index (κ1) is 18.6. The zero-order chi connectivity index (χ0) is 20.0. The minimum atomic E-state index is -0.382. The van der Waals surface area contributed by atoms with Crippen LogP contribution in [0.2, 0.25) is 5.02 Å². The molecular weight excluding hydrogens is 390 g/mol. The van der Waals surface area contributed by atoms with Crippen LogP contribution in [0.15, 0.2) is 30.6 Å². The van der Waals surface area contributed by atoms with E-state index in [2.05, 4.69) is 20.6 Å². The molecular formula is C21H24ClN5O2. The highest BCUT2D eigenvalue weighted by Gasteiger charge is 2.51. The van der Waals surface area contributed by atoms with Gasteiger partial charge in [-0.25, -0.2) is 9.97 Å². The summed E-state index contributed by atoms with van der Waals surface area (Å²) >= 11 is 5.93. The van der Waals surface area contributed by atoms with Gasteiger partial charge >= 0.3 is 5.69 Å². The van der Waals surface area contributed by atoms with Gasteiger partial charge < -0.3 is 10.6 Å². The Labute approximate surface area is 174 Å². The van der Waals surface area contributed by atoms with Gasteiger partial charge in [-0.15, -0.1) is 0 Å².